The molecule has 2 aromatic rings. The third-order valence-corrected chi connectivity index (χ3v) is 5.80. The molecule has 118 valence electrons. The molecule has 1 aliphatic heterocycles. The number of aromatic nitrogens is 2. The number of benzene rings is 1. The highest BCUT2D eigenvalue weighted by atomic mass is 79.9. The number of hydrogen-bond donors (Lipinski definition) is 1. The minimum atomic E-state index is -0.424. The Balaban J connectivity index is 2.27. The number of nitro benzene ring substituents is 1. The number of hydrogen-bond acceptors (Lipinski definition) is 5. The van der Waals surface area contributed by atoms with Crippen molar-refractivity contribution in [1.29, 1.82) is 0 Å². The Kier molecular flexibility index (Phi) is 4.13. The summed E-state index contributed by atoms with van der Waals surface area (Å²) in [4.78, 5) is 17.5. The van der Waals surface area contributed by atoms with E-state index >= 15 is 0 Å². The molecular weight excluding hydrogens is 420 g/mol. The van der Waals surface area contributed by atoms with Crippen LogP contribution in [0, 0.1) is 10.1 Å². The van der Waals surface area contributed by atoms with Gasteiger partial charge < -0.3 is 14.6 Å². The molecule has 0 spiro atoms. The zero-order valence-corrected chi connectivity index (χ0v) is 15.0. The van der Waals surface area contributed by atoms with Crippen molar-refractivity contribution in [2.45, 2.75) is 26.0 Å². The molecule has 22 heavy (non-hydrogen) atoms. The molecule has 1 saturated heterocycles. The molecule has 0 aliphatic carbocycles. The smallest absolute Gasteiger partial charge is 0.312 e. The van der Waals surface area contributed by atoms with Gasteiger partial charge in [0.05, 0.1) is 16.5 Å². The summed E-state index contributed by atoms with van der Waals surface area (Å²) in [6.45, 7) is 3.81. The summed E-state index contributed by atoms with van der Waals surface area (Å²) in [6, 6.07) is 1.83. The van der Waals surface area contributed by atoms with E-state index in [1.807, 2.05) is 22.5 Å². The Bertz CT molecular complexity index is 762. The zero-order valence-electron chi connectivity index (χ0n) is 11.8. The maximum Gasteiger partial charge on any atom is 0.312 e. The van der Waals surface area contributed by atoms with Gasteiger partial charge in [0.15, 0.2) is 5.52 Å². The first kappa shape index (κ1) is 15.7. The fourth-order valence-corrected chi connectivity index (χ4v) is 3.67. The van der Waals surface area contributed by atoms with Gasteiger partial charge in [-0.25, -0.2) is 4.98 Å². The number of aliphatic hydroxyl groups is 1. The monoisotopic (exact) mass is 432 g/mol. The normalized spacial score (nSPS) is 18.4. The molecule has 7 nitrogen and oxygen atoms in total. The van der Waals surface area contributed by atoms with E-state index in [4.69, 9.17) is 0 Å². The van der Waals surface area contributed by atoms with Crippen LogP contribution in [0.4, 0.5) is 11.6 Å². The van der Waals surface area contributed by atoms with Crippen molar-refractivity contribution in [3.8, 4) is 0 Å². The zero-order chi connectivity index (χ0) is 16.0. The molecule has 0 saturated carbocycles. The second-order valence-corrected chi connectivity index (χ2v) is 6.84. The highest BCUT2D eigenvalue weighted by Gasteiger charge is 2.29. The molecule has 1 atom stereocenters. The first-order valence-electron chi connectivity index (χ1n) is 6.89. The molecule has 0 unspecified atom stereocenters. The number of rotatable bonds is 3. The van der Waals surface area contributed by atoms with E-state index in [0.29, 0.717) is 52.0 Å². The van der Waals surface area contributed by atoms with E-state index < -0.39 is 4.92 Å². The first-order chi connectivity index (χ1) is 10.4. The Labute approximate surface area is 143 Å². The van der Waals surface area contributed by atoms with Gasteiger partial charge in [0, 0.05) is 24.1 Å². The second-order valence-electron chi connectivity index (χ2n) is 5.19. The lowest BCUT2D eigenvalue weighted by Gasteiger charge is -2.17. The lowest BCUT2D eigenvalue weighted by Crippen LogP contribution is -2.24. The van der Waals surface area contributed by atoms with E-state index in [-0.39, 0.29) is 11.8 Å². The molecule has 9 heteroatoms. The molecule has 3 rings (SSSR count). The van der Waals surface area contributed by atoms with Crippen LogP contribution in [-0.4, -0.2) is 38.8 Å². The number of anilines is 1. The van der Waals surface area contributed by atoms with Gasteiger partial charge in [0.2, 0.25) is 5.95 Å². The minimum Gasteiger partial charge on any atom is -0.391 e. The molecule has 1 aliphatic rings. The molecule has 0 bridgehead atoms. The third-order valence-electron chi connectivity index (χ3n) is 3.84. The number of imidazole rings is 1. The van der Waals surface area contributed by atoms with Gasteiger partial charge in [0.1, 0.15) is 4.47 Å². The lowest BCUT2D eigenvalue weighted by molar-refractivity contribution is -0.384. The van der Waals surface area contributed by atoms with Crippen LogP contribution in [0.1, 0.15) is 13.3 Å². The van der Waals surface area contributed by atoms with Crippen LogP contribution in [0.5, 0.6) is 0 Å². The molecule has 1 aromatic heterocycles. The molecule has 1 N–H and O–H groups in total. The quantitative estimate of drug-likeness (QED) is 0.593. The lowest BCUT2D eigenvalue weighted by atomic mass is 10.2. The van der Waals surface area contributed by atoms with E-state index in [9.17, 15) is 15.2 Å². The van der Waals surface area contributed by atoms with Gasteiger partial charge in [0.25, 0.3) is 0 Å². The molecule has 2 heterocycles. The standard InChI is InChI=1S/C13H14Br2N4O3/c1-2-18-9-5-8(14)10(15)12(19(21)22)11(9)16-13(18)17-4-3-7(20)6-17/h5,7,20H,2-4,6H2,1H3/t7-/m0/s1. The van der Waals surface area contributed by atoms with Gasteiger partial charge in [-0.05, 0) is 51.3 Å². The number of β-amino-alcohol motifs (C(OH)–C–C–N with tert-alkyl or cyclic N) is 1. The Morgan fingerprint density at radius 2 is 2.27 bits per heavy atom. The Morgan fingerprint density at radius 3 is 2.82 bits per heavy atom. The highest BCUT2D eigenvalue weighted by Crippen LogP contribution is 2.40. The summed E-state index contributed by atoms with van der Waals surface area (Å²) < 4.78 is 2.95. The predicted molar refractivity (Wildman–Crippen MR) is 90.3 cm³/mol. The van der Waals surface area contributed by atoms with Gasteiger partial charge in [-0.15, -0.1) is 0 Å². The maximum atomic E-state index is 11.4. The summed E-state index contributed by atoms with van der Waals surface area (Å²) >= 11 is 6.61. The number of nitrogens with zero attached hydrogens (tertiary/aromatic N) is 4. The van der Waals surface area contributed by atoms with Crippen molar-refractivity contribution in [2.24, 2.45) is 0 Å². The van der Waals surface area contributed by atoms with E-state index in [2.05, 4.69) is 36.8 Å². The van der Waals surface area contributed by atoms with Crippen LogP contribution < -0.4 is 4.90 Å². The molecule has 0 amide bonds. The third kappa shape index (κ3) is 2.40. The summed E-state index contributed by atoms with van der Waals surface area (Å²) in [5, 5.41) is 21.2. The molecule has 1 fully saturated rings. The molecule has 1 aromatic carbocycles. The Morgan fingerprint density at radius 1 is 1.55 bits per heavy atom. The van der Waals surface area contributed by atoms with Crippen molar-refractivity contribution in [3.05, 3.63) is 25.1 Å². The summed E-state index contributed by atoms with van der Waals surface area (Å²) in [7, 11) is 0. The van der Waals surface area contributed by atoms with Gasteiger partial charge >= 0.3 is 5.69 Å². The Hall–Kier alpha value is -1.19. The maximum absolute atomic E-state index is 11.4. The van der Waals surface area contributed by atoms with Crippen LogP contribution in [-0.2, 0) is 6.54 Å². The molecule has 0 radical (unpaired) electrons. The number of fused-ring (bicyclic) bond motifs is 1. The number of aliphatic hydroxyl groups excluding tert-OH is 1. The fourth-order valence-electron chi connectivity index (χ4n) is 2.82. The van der Waals surface area contributed by atoms with Crippen molar-refractivity contribution < 1.29 is 10.0 Å². The fraction of sp³-hybridized carbons (Fsp3) is 0.462. The number of halogens is 2. The van der Waals surface area contributed by atoms with Gasteiger partial charge in [-0.3, -0.25) is 10.1 Å². The summed E-state index contributed by atoms with van der Waals surface area (Å²) in [5.41, 5.74) is 1.02. The van der Waals surface area contributed by atoms with Crippen LogP contribution in [0.2, 0.25) is 0 Å². The van der Waals surface area contributed by atoms with Crippen molar-refractivity contribution in [2.75, 3.05) is 18.0 Å². The molecular formula is C13H14Br2N4O3. The van der Waals surface area contributed by atoms with Crippen LogP contribution >= 0.6 is 31.9 Å². The average molecular weight is 434 g/mol. The van der Waals surface area contributed by atoms with Crippen LogP contribution in [0.25, 0.3) is 11.0 Å². The van der Waals surface area contributed by atoms with E-state index in [1.165, 1.54) is 0 Å². The second kappa shape index (κ2) is 5.78. The number of aryl methyl sites for hydroxylation is 1. The topological polar surface area (TPSA) is 84.4 Å². The predicted octanol–water partition coefficient (Wildman–Crippen LogP) is 3.06. The first-order valence-corrected chi connectivity index (χ1v) is 8.48. The minimum absolute atomic E-state index is 0.0439. The van der Waals surface area contributed by atoms with Gasteiger partial charge in [-0.1, -0.05) is 0 Å². The van der Waals surface area contributed by atoms with Crippen molar-refractivity contribution in [1.82, 2.24) is 9.55 Å². The van der Waals surface area contributed by atoms with Crippen LogP contribution in [0.3, 0.4) is 0 Å². The van der Waals surface area contributed by atoms with Crippen molar-refractivity contribution in [3.63, 3.8) is 0 Å². The van der Waals surface area contributed by atoms with E-state index in [1.54, 1.807) is 0 Å². The van der Waals surface area contributed by atoms with Crippen LogP contribution in [0.15, 0.2) is 15.0 Å². The number of nitro groups is 1. The summed E-state index contributed by atoms with van der Waals surface area (Å²) in [5.74, 6) is 0.669. The largest absolute Gasteiger partial charge is 0.391 e. The SMILES string of the molecule is CCn1c(N2CC[C@H](O)C2)nc2c([N+](=O)[O-])c(Br)c(Br)cc21. The van der Waals surface area contributed by atoms with E-state index in [0.717, 1.165) is 0 Å². The highest BCUT2D eigenvalue weighted by molar-refractivity contribution is 9.13. The van der Waals surface area contributed by atoms with Crippen molar-refractivity contribution >= 4 is 54.5 Å². The summed E-state index contributed by atoms with van der Waals surface area (Å²) in [6.07, 6.45) is 0.307. The van der Waals surface area contributed by atoms with Gasteiger partial charge in [-0.2, -0.15) is 0 Å². The average Bonchev–Trinajstić information content (AvgIpc) is 3.02.